The van der Waals surface area contributed by atoms with Crippen LogP contribution in [-0.2, 0) is 5.41 Å². The van der Waals surface area contributed by atoms with Gasteiger partial charge in [0.2, 0.25) is 0 Å². The van der Waals surface area contributed by atoms with E-state index in [-0.39, 0.29) is 5.41 Å². The molecule has 1 rings (SSSR count). The Morgan fingerprint density at radius 2 is 1.95 bits per heavy atom. The Labute approximate surface area is 123 Å². The number of hydrogen-bond acceptors (Lipinski definition) is 3. The molecular formula is C16H28N2S. The number of nitrogens with zero attached hydrogens (tertiary/aromatic N) is 1. The van der Waals surface area contributed by atoms with Crippen LogP contribution in [-0.4, -0.2) is 50.1 Å². The molecule has 1 unspecified atom stereocenters. The molecule has 0 aliphatic carbocycles. The van der Waals surface area contributed by atoms with Gasteiger partial charge in [0.05, 0.1) is 0 Å². The molecular weight excluding hydrogens is 252 g/mol. The Kier molecular flexibility index (Phi) is 7.51. The van der Waals surface area contributed by atoms with Gasteiger partial charge in [-0.25, -0.2) is 0 Å². The summed E-state index contributed by atoms with van der Waals surface area (Å²) < 4.78 is 0. The van der Waals surface area contributed by atoms with Crippen molar-refractivity contribution in [3.63, 3.8) is 0 Å². The first-order valence-corrected chi connectivity index (χ1v) is 8.45. The summed E-state index contributed by atoms with van der Waals surface area (Å²) in [6.45, 7) is 8.82. The zero-order valence-corrected chi connectivity index (χ0v) is 13.6. The minimum atomic E-state index is 0.171. The molecule has 0 aromatic heterocycles. The molecule has 108 valence electrons. The van der Waals surface area contributed by atoms with E-state index in [0.29, 0.717) is 0 Å². The lowest BCUT2D eigenvalue weighted by molar-refractivity contribution is 0.262. The highest BCUT2D eigenvalue weighted by Gasteiger charge is 2.27. The van der Waals surface area contributed by atoms with Gasteiger partial charge in [-0.1, -0.05) is 44.2 Å². The summed E-state index contributed by atoms with van der Waals surface area (Å²) in [5.41, 5.74) is 1.59. The fourth-order valence-corrected chi connectivity index (χ4v) is 2.91. The lowest BCUT2D eigenvalue weighted by atomic mass is 9.81. The minimum absolute atomic E-state index is 0.171. The van der Waals surface area contributed by atoms with Crippen molar-refractivity contribution in [2.75, 3.05) is 45.2 Å². The van der Waals surface area contributed by atoms with E-state index in [2.05, 4.69) is 67.7 Å². The lowest BCUT2D eigenvalue weighted by Gasteiger charge is -2.34. The van der Waals surface area contributed by atoms with Crippen molar-refractivity contribution in [2.24, 2.45) is 0 Å². The van der Waals surface area contributed by atoms with Crippen molar-refractivity contribution in [3.05, 3.63) is 35.9 Å². The molecule has 0 heterocycles. The average Bonchev–Trinajstić information content (AvgIpc) is 2.44. The van der Waals surface area contributed by atoms with Crippen LogP contribution < -0.4 is 5.32 Å². The predicted octanol–water partition coefficient (Wildman–Crippen LogP) is 2.85. The van der Waals surface area contributed by atoms with E-state index in [4.69, 9.17) is 0 Å². The van der Waals surface area contributed by atoms with Crippen molar-refractivity contribution < 1.29 is 0 Å². The van der Waals surface area contributed by atoms with Gasteiger partial charge in [0.15, 0.2) is 0 Å². The first-order chi connectivity index (χ1) is 9.12. The maximum absolute atomic E-state index is 3.52. The second-order valence-corrected chi connectivity index (χ2v) is 6.42. The van der Waals surface area contributed by atoms with Crippen LogP contribution in [0.15, 0.2) is 30.3 Å². The summed E-state index contributed by atoms with van der Waals surface area (Å²) in [6, 6.07) is 10.9. The van der Waals surface area contributed by atoms with E-state index in [0.717, 1.165) is 26.2 Å². The van der Waals surface area contributed by atoms with E-state index >= 15 is 0 Å². The Morgan fingerprint density at radius 3 is 2.53 bits per heavy atom. The number of benzene rings is 1. The van der Waals surface area contributed by atoms with Gasteiger partial charge in [0.1, 0.15) is 0 Å². The highest BCUT2D eigenvalue weighted by atomic mass is 32.2. The Morgan fingerprint density at radius 1 is 1.26 bits per heavy atom. The molecule has 0 aliphatic rings. The molecule has 1 atom stereocenters. The van der Waals surface area contributed by atoms with Gasteiger partial charge < -0.3 is 10.2 Å². The zero-order chi connectivity index (χ0) is 14.1. The van der Waals surface area contributed by atoms with Crippen LogP contribution in [0.25, 0.3) is 0 Å². The van der Waals surface area contributed by atoms with Gasteiger partial charge in [-0.15, -0.1) is 0 Å². The third kappa shape index (κ3) is 5.55. The number of nitrogens with one attached hydrogen (secondary N) is 1. The van der Waals surface area contributed by atoms with Gasteiger partial charge in [-0.3, -0.25) is 0 Å². The second kappa shape index (κ2) is 8.62. The monoisotopic (exact) mass is 280 g/mol. The molecule has 3 heteroatoms. The van der Waals surface area contributed by atoms with Crippen LogP contribution in [0, 0.1) is 0 Å². The molecule has 1 aromatic carbocycles. The minimum Gasteiger partial charge on any atom is -0.316 e. The second-order valence-electron chi connectivity index (χ2n) is 5.44. The summed E-state index contributed by atoms with van der Waals surface area (Å²) >= 11 is 1.91. The van der Waals surface area contributed by atoms with E-state index in [1.165, 1.54) is 11.3 Å². The molecule has 0 fully saturated rings. The quantitative estimate of drug-likeness (QED) is 0.749. The molecule has 2 nitrogen and oxygen atoms in total. The van der Waals surface area contributed by atoms with Crippen molar-refractivity contribution in [1.82, 2.24) is 10.2 Å². The molecule has 1 N–H and O–H groups in total. The van der Waals surface area contributed by atoms with Crippen LogP contribution >= 0.6 is 11.8 Å². The van der Waals surface area contributed by atoms with Gasteiger partial charge in [-0.05, 0) is 25.4 Å². The normalized spacial score (nSPS) is 14.6. The fourth-order valence-electron chi connectivity index (χ4n) is 2.41. The zero-order valence-electron chi connectivity index (χ0n) is 12.8. The average molecular weight is 280 g/mol. The first kappa shape index (κ1) is 16.5. The molecule has 0 saturated carbocycles. The number of hydrogen-bond donors (Lipinski definition) is 1. The summed E-state index contributed by atoms with van der Waals surface area (Å²) in [5, 5.41) is 3.52. The fraction of sp³-hybridized carbons (Fsp3) is 0.625. The van der Waals surface area contributed by atoms with Crippen molar-refractivity contribution in [1.29, 1.82) is 0 Å². The van der Waals surface area contributed by atoms with E-state index < -0.39 is 0 Å². The van der Waals surface area contributed by atoms with Gasteiger partial charge >= 0.3 is 0 Å². The van der Waals surface area contributed by atoms with Gasteiger partial charge in [0.25, 0.3) is 0 Å². The molecule has 0 amide bonds. The first-order valence-electron chi connectivity index (χ1n) is 7.06. The van der Waals surface area contributed by atoms with Gasteiger partial charge in [-0.2, -0.15) is 11.8 Å². The van der Waals surface area contributed by atoms with Crippen LogP contribution in [0.1, 0.15) is 19.4 Å². The molecule has 0 radical (unpaired) electrons. The summed E-state index contributed by atoms with van der Waals surface area (Å²) in [6.07, 6.45) is 2.17. The van der Waals surface area contributed by atoms with Crippen LogP contribution in [0.4, 0.5) is 0 Å². The van der Waals surface area contributed by atoms with Crippen molar-refractivity contribution >= 4 is 11.8 Å². The Hall–Kier alpha value is -0.510. The van der Waals surface area contributed by atoms with E-state index in [1.54, 1.807) is 0 Å². The molecule has 0 spiro atoms. The van der Waals surface area contributed by atoms with Crippen LogP contribution in [0.3, 0.4) is 0 Å². The topological polar surface area (TPSA) is 15.3 Å². The molecule has 0 aliphatic heterocycles. The van der Waals surface area contributed by atoms with Crippen molar-refractivity contribution in [2.45, 2.75) is 19.3 Å². The highest BCUT2D eigenvalue weighted by Crippen LogP contribution is 2.24. The van der Waals surface area contributed by atoms with Gasteiger partial charge in [0, 0.05) is 30.8 Å². The summed E-state index contributed by atoms with van der Waals surface area (Å²) in [5.74, 6) is 1.20. The van der Waals surface area contributed by atoms with Crippen LogP contribution in [0.2, 0.25) is 0 Å². The number of thioether (sulfide) groups is 1. The molecule has 0 bridgehead atoms. The molecule has 0 saturated heterocycles. The lowest BCUT2D eigenvalue weighted by Crippen LogP contribution is -2.44. The smallest absolute Gasteiger partial charge is 0.0176 e. The summed E-state index contributed by atoms with van der Waals surface area (Å²) in [4.78, 5) is 2.45. The number of likely N-dealkylation sites (N-methyl/N-ethyl adjacent to an activating group) is 2. The standard InChI is InChI=1S/C16H28N2S/c1-5-17-13-16(2,14-18(3)11-12-19-4)15-9-7-6-8-10-15/h6-10,17H,5,11-14H2,1-4H3. The molecule has 19 heavy (non-hydrogen) atoms. The maximum Gasteiger partial charge on any atom is 0.0176 e. The predicted molar refractivity (Wildman–Crippen MR) is 88.2 cm³/mol. The third-order valence-corrected chi connectivity index (χ3v) is 4.12. The number of rotatable bonds is 9. The Balaban J connectivity index is 2.75. The SMILES string of the molecule is CCNCC(C)(CN(C)CCSC)c1ccccc1. The third-order valence-electron chi connectivity index (χ3n) is 3.53. The summed E-state index contributed by atoms with van der Waals surface area (Å²) in [7, 11) is 2.23. The largest absolute Gasteiger partial charge is 0.316 e. The van der Waals surface area contributed by atoms with E-state index in [1.807, 2.05) is 11.8 Å². The maximum atomic E-state index is 3.52. The highest BCUT2D eigenvalue weighted by molar-refractivity contribution is 7.98. The Bertz CT molecular complexity index is 342. The molecule has 1 aromatic rings. The van der Waals surface area contributed by atoms with Crippen molar-refractivity contribution in [3.8, 4) is 0 Å². The van der Waals surface area contributed by atoms with E-state index in [9.17, 15) is 0 Å². The van der Waals surface area contributed by atoms with Crippen LogP contribution in [0.5, 0.6) is 0 Å².